The van der Waals surface area contributed by atoms with Crippen molar-refractivity contribution in [3.05, 3.63) is 55.5 Å². The molecular formula is C66H128BrCl3MgO7S. The monoisotopic (exact) mass is 1270 g/mol. The second-order valence-electron chi connectivity index (χ2n) is 19.9. The first-order chi connectivity index (χ1) is 37.6. The zero-order valence-electron chi connectivity index (χ0n) is 52.7. The van der Waals surface area contributed by atoms with E-state index in [1.165, 1.54) is 257 Å². The molecule has 0 bridgehead atoms. The Morgan fingerprint density at radius 2 is 0.722 bits per heavy atom. The summed E-state index contributed by atoms with van der Waals surface area (Å²) in [5.74, 6) is -0.159. The summed E-state index contributed by atoms with van der Waals surface area (Å²) >= 11 is 3.19. The van der Waals surface area contributed by atoms with Crippen LogP contribution in [0.5, 0.6) is 0 Å². The van der Waals surface area contributed by atoms with Crippen LogP contribution in [-0.2, 0) is 33.0 Å². The smallest absolute Gasteiger partial charge is 1.00 e. The van der Waals surface area contributed by atoms with Crippen LogP contribution in [0.15, 0.2) is 48.6 Å². The van der Waals surface area contributed by atoms with E-state index >= 15 is 0 Å². The number of esters is 1. The third-order valence-electron chi connectivity index (χ3n) is 12.4. The standard InChI is InChI=1S/C18H34O2.C16H30O.C14H28O.C14H27.C4H9BrO2.Cl2OS.ClH.Mg/c1-3-4-5-6-7-8-9-10-11-12-13-14-15-16-17-20-18(2)19;1-2-3-4-5-6-7-8-9-10-11-12-13-14-15-16-17;1-2-3-4-5-6-7-8-9-10-11-12-13-14-15;1-3-5-7-9-11-13-14-12-10-8-6-4-2;1-6-4(3-5)7-2;1-4(2)3;;/h6-7H,3-5,8-17H2,1-2H3;5-6,16H,2-4,7-15H2,1H3;5-6,15H,2-4,7-14H2,1H3;10,12H,1,3-9,11,13-14H2,2H3;4H,3H2,1-2H3;;1H;/q;;;-1;;;;+2/p-1/b7-6-;2*6-5-;12-10-;;;;. The number of hydrogen-bond acceptors (Lipinski definition) is 7. The van der Waals surface area contributed by atoms with E-state index in [0.29, 0.717) is 13.2 Å². The summed E-state index contributed by atoms with van der Waals surface area (Å²) in [6.45, 7) is 15.2. The fraction of sp³-hybridized carbons (Fsp3) is 0.833. The Morgan fingerprint density at radius 1 is 0.481 bits per heavy atom. The van der Waals surface area contributed by atoms with Crippen molar-refractivity contribution >= 4 is 81.8 Å². The van der Waals surface area contributed by atoms with Crippen LogP contribution in [0.2, 0.25) is 0 Å². The van der Waals surface area contributed by atoms with Crippen molar-refractivity contribution in [1.29, 1.82) is 0 Å². The summed E-state index contributed by atoms with van der Waals surface area (Å²) in [6, 6.07) is 0. The number of allylic oxidation sites excluding steroid dienone is 8. The maximum atomic E-state index is 10.6. The van der Waals surface area contributed by atoms with Crippen molar-refractivity contribution in [1.82, 2.24) is 0 Å². The number of ether oxygens (including phenoxy) is 3. The van der Waals surface area contributed by atoms with Crippen LogP contribution in [0.25, 0.3) is 0 Å². The Hall–Kier alpha value is 0.246. The fourth-order valence-corrected chi connectivity index (χ4v) is 8.05. The van der Waals surface area contributed by atoms with Crippen molar-refractivity contribution in [3.63, 3.8) is 0 Å². The molecule has 7 nitrogen and oxygen atoms in total. The van der Waals surface area contributed by atoms with Crippen LogP contribution >= 0.6 is 37.3 Å². The Kier molecular flexibility index (Phi) is 121. The molecule has 470 valence electrons. The second kappa shape index (κ2) is 100. The molecule has 0 aliphatic rings. The molecule has 0 aromatic heterocycles. The summed E-state index contributed by atoms with van der Waals surface area (Å²) < 4.78 is 23.5. The van der Waals surface area contributed by atoms with Crippen LogP contribution in [0.3, 0.4) is 0 Å². The number of carbonyl (C=O) groups excluding carboxylic acids is 2. The normalized spacial score (nSPS) is 10.7. The number of hydrogen-bond donors (Lipinski definition) is 1. The number of aliphatic hydroxyl groups is 1. The molecule has 0 aromatic rings. The van der Waals surface area contributed by atoms with Gasteiger partial charge >= 0.3 is 29.0 Å². The van der Waals surface area contributed by atoms with Gasteiger partial charge in [0.05, 0.1) is 11.9 Å². The van der Waals surface area contributed by atoms with Gasteiger partial charge in [-0.15, -0.1) is 0 Å². The predicted octanol–water partition coefficient (Wildman–Crippen LogP) is 19.7. The van der Waals surface area contributed by atoms with E-state index < -0.39 is 9.23 Å². The van der Waals surface area contributed by atoms with Crippen molar-refractivity contribution < 1.29 is 45.5 Å². The molecule has 0 atom stereocenters. The molecule has 0 aliphatic carbocycles. The van der Waals surface area contributed by atoms with Crippen LogP contribution < -0.4 is 12.4 Å². The zero-order valence-corrected chi connectivity index (χ0v) is 58.8. The first-order valence-electron chi connectivity index (χ1n) is 31.5. The van der Waals surface area contributed by atoms with E-state index in [0.717, 1.165) is 43.7 Å². The number of alkyl halides is 1. The minimum Gasteiger partial charge on any atom is -1.00 e. The topological polar surface area (TPSA) is 99.1 Å². The van der Waals surface area contributed by atoms with Gasteiger partial charge in [0.25, 0.3) is 0 Å². The fourth-order valence-electron chi connectivity index (χ4n) is 7.52. The van der Waals surface area contributed by atoms with E-state index in [4.69, 9.17) is 23.5 Å². The molecule has 0 aliphatic heterocycles. The number of rotatable bonds is 51. The van der Waals surface area contributed by atoms with E-state index in [-0.39, 0.29) is 47.7 Å². The van der Waals surface area contributed by atoms with E-state index in [2.05, 4.69) is 121 Å². The van der Waals surface area contributed by atoms with Gasteiger partial charge in [0.2, 0.25) is 9.23 Å². The van der Waals surface area contributed by atoms with Crippen LogP contribution in [0.4, 0.5) is 0 Å². The first kappa shape index (κ1) is 95.6. The molecule has 79 heavy (non-hydrogen) atoms. The third kappa shape index (κ3) is 125. The van der Waals surface area contributed by atoms with Crippen molar-refractivity contribution in [2.75, 3.05) is 32.8 Å². The van der Waals surface area contributed by atoms with Gasteiger partial charge in [-0.3, -0.25) is 4.79 Å². The number of aldehydes is 1. The Labute approximate surface area is 534 Å². The summed E-state index contributed by atoms with van der Waals surface area (Å²) in [5.41, 5.74) is 0. The molecule has 0 fully saturated rings. The van der Waals surface area contributed by atoms with Gasteiger partial charge in [0.1, 0.15) is 6.29 Å². The molecular weight excluding hydrogens is 1150 g/mol. The SMILES string of the molecule is CCCC/C=C\CCCCCCCCCC=O.CCCC/C=C\CCCCCCCCCCOC(C)=O.CCCC/C=C\CCCCCCCCO.COC(CBr)OC.O=S(Cl)Cl.[CH2-]CCCCCCC/C=C\CCCC.[Cl-].[Mg+2]. The quantitative estimate of drug-likeness (QED) is 0.00745. The second-order valence-corrected chi connectivity index (χ2v) is 23.1. The van der Waals surface area contributed by atoms with Gasteiger partial charge < -0.3 is 43.4 Å². The zero-order chi connectivity index (χ0) is 58.5. The molecule has 13 heteroatoms. The molecule has 1 N–H and O–H groups in total. The summed E-state index contributed by atoms with van der Waals surface area (Å²) in [7, 11) is 10.6. The minimum absolute atomic E-state index is 0. The first-order valence-corrected chi connectivity index (χ1v) is 35.4. The van der Waals surface area contributed by atoms with Gasteiger partial charge in [-0.1, -0.05) is 266 Å². The van der Waals surface area contributed by atoms with E-state index in [9.17, 15) is 9.59 Å². The summed E-state index contributed by atoms with van der Waals surface area (Å²) in [4.78, 5) is 20.7. The molecule has 0 saturated heterocycles. The van der Waals surface area contributed by atoms with E-state index in [1.54, 1.807) is 14.2 Å². The maximum Gasteiger partial charge on any atom is 2.00 e. The summed E-state index contributed by atoms with van der Waals surface area (Å²) in [6.07, 6.45) is 75.8. The van der Waals surface area contributed by atoms with Crippen LogP contribution in [0.1, 0.15) is 317 Å². The number of methoxy groups -OCH3 is 2. The van der Waals surface area contributed by atoms with Crippen molar-refractivity contribution in [2.24, 2.45) is 0 Å². The van der Waals surface area contributed by atoms with Crippen molar-refractivity contribution in [2.45, 2.75) is 323 Å². The van der Waals surface area contributed by atoms with Gasteiger partial charge in [-0.05, 0) is 96.3 Å². The number of halogens is 4. The molecule has 0 unspecified atom stereocenters. The van der Waals surface area contributed by atoms with Crippen LogP contribution in [0, 0.1) is 6.92 Å². The molecule has 0 spiro atoms. The Bertz CT molecular complexity index is 1170. The predicted molar refractivity (Wildman–Crippen MR) is 355 cm³/mol. The third-order valence-corrected chi connectivity index (χ3v) is 12.9. The average molecular weight is 1280 g/mol. The molecule has 0 amide bonds. The van der Waals surface area contributed by atoms with Gasteiger partial charge in [0, 0.05) is 55.5 Å². The van der Waals surface area contributed by atoms with Crippen LogP contribution in [-0.4, -0.2) is 83.7 Å². The maximum absolute atomic E-state index is 10.6. The molecule has 0 heterocycles. The molecule has 0 radical (unpaired) electrons. The summed E-state index contributed by atoms with van der Waals surface area (Å²) in [5, 5.41) is 9.32. The Morgan fingerprint density at radius 3 is 0.937 bits per heavy atom. The number of carbonyl (C=O) groups is 2. The Balaban J connectivity index is -0.000000133. The number of unbranched alkanes of at least 4 members (excludes halogenated alkanes) is 36. The molecule has 0 aromatic carbocycles. The van der Waals surface area contributed by atoms with E-state index in [1.807, 2.05) is 0 Å². The van der Waals surface area contributed by atoms with Crippen molar-refractivity contribution in [3.8, 4) is 0 Å². The average Bonchev–Trinajstić information content (AvgIpc) is 3.42. The van der Waals surface area contributed by atoms with Gasteiger partial charge in [0.15, 0.2) is 6.29 Å². The number of aliphatic hydroxyl groups excluding tert-OH is 1. The van der Waals surface area contributed by atoms with Gasteiger partial charge in [-0.25, -0.2) is 4.21 Å². The van der Waals surface area contributed by atoms with Gasteiger partial charge in [-0.2, -0.15) is 6.42 Å². The molecule has 0 saturated carbocycles. The molecule has 0 rings (SSSR count). The largest absolute Gasteiger partial charge is 2.00 e. The minimum atomic E-state index is -1.67.